The topological polar surface area (TPSA) is 67.2 Å². The zero-order valence-electron chi connectivity index (χ0n) is 11.4. The number of nitro groups is 1. The number of nitrogens with zero attached hydrogens (tertiary/aromatic N) is 1. The Morgan fingerprint density at radius 2 is 1.68 bits per heavy atom. The van der Waals surface area contributed by atoms with E-state index in [1.807, 2.05) is 0 Å². The van der Waals surface area contributed by atoms with Gasteiger partial charge in [-0.05, 0) is 43.4 Å². The van der Waals surface area contributed by atoms with E-state index in [0.29, 0.717) is 27.0 Å². The molecule has 0 radical (unpaired) electrons. The standard InChI is InChI=1S/C14H11Cl2N3O2S/c1-8-2-3-10(7-13(8)19(20)21)18-14(22)17-9-4-5-11(15)12(16)6-9/h2-7H,1H3,(H2,17,18,22). The van der Waals surface area contributed by atoms with Gasteiger partial charge < -0.3 is 10.6 Å². The minimum absolute atomic E-state index is 0.0299. The Balaban J connectivity index is 2.10. The lowest BCUT2D eigenvalue weighted by Crippen LogP contribution is -2.19. The smallest absolute Gasteiger partial charge is 0.274 e. The first-order valence-corrected chi connectivity index (χ1v) is 7.31. The highest BCUT2D eigenvalue weighted by atomic mass is 35.5. The second kappa shape index (κ2) is 6.91. The Kier molecular flexibility index (Phi) is 5.18. The number of aryl methyl sites for hydroxylation is 1. The number of hydrogen-bond acceptors (Lipinski definition) is 3. The van der Waals surface area contributed by atoms with Crippen molar-refractivity contribution >= 4 is 57.6 Å². The third kappa shape index (κ3) is 4.07. The molecule has 0 saturated heterocycles. The summed E-state index contributed by atoms with van der Waals surface area (Å²) in [6.07, 6.45) is 0. The molecule has 2 aromatic rings. The highest BCUT2D eigenvalue weighted by Crippen LogP contribution is 2.25. The van der Waals surface area contributed by atoms with Crippen LogP contribution in [0.2, 0.25) is 10.0 Å². The first-order valence-electron chi connectivity index (χ1n) is 6.15. The highest BCUT2D eigenvalue weighted by Gasteiger charge is 2.11. The molecule has 0 unspecified atom stereocenters. The van der Waals surface area contributed by atoms with E-state index in [1.165, 1.54) is 6.07 Å². The summed E-state index contributed by atoms with van der Waals surface area (Å²) in [5.41, 5.74) is 1.80. The minimum atomic E-state index is -0.435. The molecule has 0 aliphatic heterocycles. The largest absolute Gasteiger partial charge is 0.332 e. The highest BCUT2D eigenvalue weighted by molar-refractivity contribution is 7.80. The van der Waals surface area contributed by atoms with Crippen LogP contribution in [0.25, 0.3) is 0 Å². The van der Waals surface area contributed by atoms with Crippen LogP contribution in [0.1, 0.15) is 5.56 Å². The molecule has 0 aliphatic carbocycles. The van der Waals surface area contributed by atoms with E-state index in [0.717, 1.165) is 0 Å². The SMILES string of the molecule is Cc1ccc(NC(=S)Nc2ccc(Cl)c(Cl)c2)cc1[N+](=O)[O-]. The van der Waals surface area contributed by atoms with Gasteiger partial charge in [0.25, 0.3) is 5.69 Å². The van der Waals surface area contributed by atoms with Crippen LogP contribution in [0.5, 0.6) is 0 Å². The second-order valence-corrected chi connectivity index (χ2v) is 5.69. The fourth-order valence-corrected chi connectivity index (χ4v) is 2.28. The molecule has 0 aliphatic rings. The van der Waals surface area contributed by atoms with Crippen molar-refractivity contribution in [3.8, 4) is 0 Å². The van der Waals surface area contributed by atoms with Gasteiger partial charge in [0, 0.05) is 23.0 Å². The number of nitrogens with one attached hydrogen (secondary N) is 2. The summed E-state index contributed by atoms with van der Waals surface area (Å²) in [7, 11) is 0. The summed E-state index contributed by atoms with van der Waals surface area (Å²) >= 11 is 16.9. The van der Waals surface area contributed by atoms with Crippen LogP contribution in [0, 0.1) is 17.0 Å². The summed E-state index contributed by atoms with van der Waals surface area (Å²) in [6, 6.07) is 9.80. The van der Waals surface area contributed by atoms with E-state index in [4.69, 9.17) is 35.4 Å². The number of thiocarbonyl (C=S) groups is 1. The lowest BCUT2D eigenvalue weighted by atomic mass is 10.2. The van der Waals surface area contributed by atoms with Crippen LogP contribution in [0.4, 0.5) is 17.1 Å². The molecular weight excluding hydrogens is 345 g/mol. The number of halogens is 2. The third-order valence-corrected chi connectivity index (χ3v) is 3.78. The van der Waals surface area contributed by atoms with Crippen molar-refractivity contribution in [3.63, 3.8) is 0 Å². The van der Waals surface area contributed by atoms with Crippen molar-refractivity contribution in [2.24, 2.45) is 0 Å². The predicted molar refractivity (Wildman–Crippen MR) is 94.1 cm³/mol. The number of anilines is 2. The van der Waals surface area contributed by atoms with Gasteiger partial charge in [0.15, 0.2) is 5.11 Å². The number of benzene rings is 2. The minimum Gasteiger partial charge on any atom is -0.332 e. The van der Waals surface area contributed by atoms with Gasteiger partial charge in [0.2, 0.25) is 0 Å². The molecule has 0 saturated carbocycles. The molecule has 2 aromatic carbocycles. The van der Waals surface area contributed by atoms with Crippen molar-refractivity contribution in [2.75, 3.05) is 10.6 Å². The van der Waals surface area contributed by atoms with Crippen LogP contribution in [-0.2, 0) is 0 Å². The van der Waals surface area contributed by atoms with Crippen molar-refractivity contribution in [1.29, 1.82) is 0 Å². The lowest BCUT2D eigenvalue weighted by molar-refractivity contribution is -0.385. The maximum Gasteiger partial charge on any atom is 0.274 e. The first-order chi connectivity index (χ1) is 10.4. The summed E-state index contributed by atoms with van der Waals surface area (Å²) < 4.78 is 0. The van der Waals surface area contributed by atoms with Crippen LogP contribution in [0.15, 0.2) is 36.4 Å². The summed E-state index contributed by atoms with van der Waals surface area (Å²) in [5, 5.41) is 17.9. The quantitative estimate of drug-likeness (QED) is 0.459. The molecule has 0 amide bonds. The van der Waals surface area contributed by atoms with Crippen molar-refractivity contribution in [2.45, 2.75) is 6.92 Å². The first kappa shape index (κ1) is 16.5. The molecule has 0 fully saturated rings. The summed E-state index contributed by atoms with van der Waals surface area (Å²) in [5.74, 6) is 0. The molecule has 0 bridgehead atoms. The zero-order valence-corrected chi connectivity index (χ0v) is 13.7. The van der Waals surface area contributed by atoms with Gasteiger partial charge in [-0.15, -0.1) is 0 Å². The van der Waals surface area contributed by atoms with Crippen LogP contribution in [-0.4, -0.2) is 10.0 Å². The maximum absolute atomic E-state index is 10.9. The fraction of sp³-hybridized carbons (Fsp3) is 0.0714. The fourth-order valence-electron chi connectivity index (χ4n) is 1.75. The molecule has 5 nitrogen and oxygen atoms in total. The summed E-state index contributed by atoms with van der Waals surface area (Å²) in [4.78, 5) is 10.5. The van der Waals surface area contributed by atoms with E-state index in [1.54, 1.807) is 37.3 Å². The van der Waals surface area contributed by atoms with Gasteiger partial charge in [-0.2, -0.15) is 0 Å². The molecule has 8 heteroatoms. The van der Waals surface area contributed by atoms with Crippen molar-refractivity contribution in [1.82, 2.24) is 0 Å². The second-order valence-electron chi connectivity index (χ2n) is 4.47. The van der Waals surface area contributed by atoms with Gasteiger partial charge in [0.1, 0.15) is 0 Å². The molecule has 0 heterocycles. The summed E-state index contributed by atoms with van der Waals surface area (Å²) in [6.45, 7) is 1.67. The van der Waals surface area contributed by atoms with E-state index >= 15 is 0 Å². The van der Waals surface area contributed by atoms with E-state index in [-0.39, 0.29) is 10.8 Å². The van der Waals surface area contributed by atoms with Gasteiger partial charge >= 0.3 is 0 Å². The van der Waals surface area contributed by atoms with Gasteiger partial charge in [-0.25, -0.2) is 0 Å². The van der Waals surface area contributed by atoms with Crippen molar-refractivity contribution < 1.29 is 4.92 Å². The van der Waals surface area contributed by atoms with E-state index in [9.17, 15) is 10.1 Å². The Bertz CT molecular complexity index is 753. The van der Waals surface area contributed by atoms with Crippen LogP contribution in [0.3, 0.4) is 0 Å². The molecule has 22 heavy (non-hydrogen) atoms. The number of nitro benzene ring substituents is 1. The van der Waals surface area contributed by atoms with Gasteiger partial charge in [-0.3, -0.25) is 10.1 Å². The van der Waals surface area contributed by atoms with Crippen molar-refractivity contribution in [3.05, 3.63) is 62.1 Å². The predicted octanol–water partition coefficient (Wildman–Crippen LogP) is 5.02. The maximum atomic E-state index is 10.9. The Morgan fingerprint density at radius 3 is 2.27 bits per heavy atom. The Morgan fingerprint density at radius 1 is 1.09 bits per heavy atom. The Labute approximate surface area is 142 Å². The number of rotatable bonds is 3. The molecule has 114 valence electrons. The lowest BCUT2D eigenvalue weighted by Gasteiger charge is -2.11. The van der Waals surface area contributed by atoms with Crippen LogP contribution < -0.4 is 10.6 Å². The zero-order chi connectivity index (χ0) is 16.3. The number of hydrogen-bond donors (Lipinski definition) is 2. The van der Waals surface area contributed by atoms with Crippen LogP contribution >= 0.6 is 35.4 Å². The third-order valence-electron chi connectivity index (χ3n) is 2.84. The van der Waals surface area contributed by atoms with E-state index < -0.39 is 4.92 Å². The molecule has 0 atom stereocenters. The van der Waals surface area contributed by atoms with Gasteiger partial charge in [-0.1, -0.05) is 29.3 Å². The average molecular weight is 356 g/mol. The monoisotopic (exact) mass is 355 g/mol. The van der Waals surface area contributed by atoms with E-state index in [2.05, 4.69) is 10.6 Å². The molecule has 2 rings (SSSR count). The van der Waals surface area contributed by atoms with Gasteiger partial charge in [0.05, 0.1) is 15.0 Å². The average Bonchev–Trinajstić information content (AvgIpc) is 2.44. The molecule has 0 spiro atoms. The Hall–Kier alpha value is -1.89. The molecule has 0 aromatic heterocycles. The normalized spacial score (nSPS) is 10.1. The molecular formula is C14H11Cl2N3O2S. The molecule has 2 N–H and O–H groups in total.